The third-order valence-electron chi connectivity index (χ3n) is 3.68. The Morgan fingerprint density at radius 2 is 2.05 bits per heavy atom. The van der Waals surface area contributed by atoms with Gasteiger partial charge in [0.15, 0.2) is 0 Å². The third kappa shape index (κ3) is 6.79. The lowest BCUT2D eigenvalue weighted by Crippen LogP contribution is -2.47. The number of aliphatic carboxylic acids is 1. The largest absolute Gasteiger partial charge is 0.481 e. The molecule has 1 aliphatic heterocycles. The maximum atomic E-state index is 12.2. The Morgan fingerprint density at radius 3 is 2.62 bits per heavy atom. The molecule has 0 aliphatic carbocycles. The lowest BCUT2D eigenvalue weighted by atomic mass is 9.93. The fourth-order valence-electron chi connectivity index (χ4n) is 2.44. The highest BCUT2D eigenvalue weighted by molar-refractivity contribution is 7.90. The number of urea groups is 1. The van der Waals surface area contributed by atoms with Gasteiger partial charge in [-0.3, -0.25) is 4.79 Å². The van der Waals surface area contributed by atoms with E-state index in [0.29, 0.717) is 19.5 Å². The van der Waals surface area contributed by atoms with Crippen molar-refractivity contribution >= 4 is 21.8 Å². The highest BCUT2D eigenvalue weighted by Crippen LogP contribution is 2.21. The van der Waals surface area contributed by atoms with Crippen molar-refractivity contribution in [1.82, 2.24) is 9.80 Å². The van der Waals surface area contributed by atoms with E-state index < -0.39 is 15.8 Å². The molecule has 1 fully saturated rings. The first kappa shape index (κ1) is 17.7. The fourth-order valence-corrected chi connectivity index (χ4v) is 3.05. The molecule has 1 N–H and O–H groups in total. The molecule has 0 aromatic heterocycles. The normalized spacial score (nSPS) is 19.3. The zero-order valence-corrected chi connectivity index (χ0v) is 13.4. The lowest BCUT2D eigenvalue weighted by Gasteiger charge is -2.35. The summed E-state index contributed by atoms with van der Waals surface area (Å²) in [4.78, 5) is 25.9. The van der Waals surface area contributed by atoms with Crippen LogP contribution in [0.15, 0.2) is 0 Å². The Labute approximate surface area is 125 Å². The Hall–Kier alpha value is -1.31. The number of likely N-dealkylation sites (tertiary alicyclic amines) is 1. The number of carboxylic acid groups (broad SMARTS) is 1. The molecule has 21 heavy (non-hydrogen) atoms. The van der Waals surface area contributed by atoms with E-state index in [9.17, 15) is 18.0 Å². The number of hydrogen-bond donors (Lipinski definition) is 1. The molecule has 1 heterocycles. The van der Waals surface area contributed by atoms with Crippen molar-refractivity contribution in [3.8, 4) is 0 Å². The van der Waals surface area contributed by atoms with Gasteiger partial charge in [0.25, 0.3) is 0 Å². The fraction of sp³-hybridized carbons (Fsp3) is 0.846. The van der Waals surface area contributed by atoms with Crippen LogP contribution in [0.3, 0.4) is 0 Å². The van der Waals surface area contributed by atoms with Crippen LogP contribution in [0.4, 0.5) is 4.79 Å². The molecular formula is C13H24N2O5S. The molecule has 1 rings (SSSR count). The Bertz CT molecular complexity index is 477. The van der Waals surface area contributed by atoms with Crippen molar-refractivity contribution in [2.45, 2.75) is 25.7 Å². The zero-order chi connectivity index (χ0) is 16.0. The van der Waals surface area contributed by atoms with Crippen molar-refractivity contribution in [2.24, 2.45) is 5.92 Å². The Morgan fingerprint density at radius 1 is 1.38 bits per heavy atom. The zero-order valence-electron chi connectivity index (χ0n) is 12.6. The van der Waals surface area contributed by atoms with Crippen LogP contribution in [0.25, 0.3) is 0 Å². The first-order chi connectivity index (χ1) is 9.69. The molecule has 1 unspecified atom stereocenters. The van der Waals surface area contributed by atoms with E-state index in [-0.39, 0.29) is 30.7 Å². The molecule has 7 nitrogen and oxygen atoms in total. The van der Waals surface area contributed by atoms with Gasteiger partial charge in [-0.25, -0.2) is 13.2 Å². The minimum Gasteiger partial charge on any atom is -0.481 e. The van der Waals surface area contributed by atoms with E-state index in [1.165, 1.54) is 4.90 Å². The standard InChI is InChI=1S/C13H24N2O5S/c1-14(8-9-21(2,19)20)13(18)15-7-3-4-11(10-15)5-6-12(16)17/h11H,3-10H2,1-2H3,(H,16,17). The van der Waals surface area contributed by atoms with Gasteiger partial charge >= 0.3 is 12.0 Å². The summed E-state index contributed by atoms with van der Waals surface area (Å²) in [5.41, 5.74) is 0. The molecule has 0 aromatic carbocycles. The third-order valence-corrected chi connectivity index (χ3v) is 4.60. The summed E-state index contributed by atoms with van der Waals surface area (Å²) < 4.78 is 22.3. The van der Waals surface area contributed by atoms with Gasteiger partial charge < -0.3 is 14.9 Å². The molecule has 0 bridgehead atoms. The average Bonchev–Trinajstić information content (AvgIpc) is 2.41. The quantitative estimate of drug-likeness (QED) is 0.776. The van der Waals surface area contributed by atoms with Crippen LogP contribution in [0.1, 0.15) is 25.7 Å². The minimum absolute atomic E-state index is 0.0501. The smallest absolute Gasteiger partial charge is 0.319 e. The molecule has 1 saturated heterocycles. The second-order valence-electron chi connectivity index (χ2n) is 5.72. The number of nitrogens with zero attached hydrogens (tertiary/aromatic N) is 2. The number of carboxylic acids is 1. The number of amides is 2. The minimum atomic E-state index is -3.09. The molecule has 0 saturated carbocycles. The van der Waals surface area contributed by atoms with Gasteiger partial charge in [-0.1, -0.05) is 0 Å². The van der Waals surface area contributed by atoms with Crippen molar-refractivity contribution < 1.29 is 23.1 Å². The summed E-state index contributed by atoms with van der Waals surface area (Å²) in [7, 11) is -1.50. The van der Waals surface area contributed by atoms with Crippen LogP contribution in [-0.4, -0.2) is 74.0 Å². The summed E-state index contributed by atoms with van der Waals surface area (Å²) in [6.45, 7) is 1.37. The maximum absolute atomic E-state index is 12.2. The average molecular weight is 320 g/mol. The molecule has 2 amide bonds. The summed E-state index contributed by atoms with van der Waals surface area (Å²) in [5, 5.41) is 8.71. The lowest BCUT2D eigenvalue weighted by molar-refractivity contribution is -0.137. The molecule has 0 radical (unpaired) electrons. The van der Waals surface area contributed by atoms with Gasteiger partial charge in [0, 0.05) is 39.4 Å². The van der Waals surface area contributed by atoms with Crippen molar-refractivity contribution in [2.75, 3.05) is 38.7 Å². The van der Waals surface area contributed by atoms with Gasteiger partial charge in [-0.2, -0.15) is 0 Å². The molecule has 0 spiro atoms. The molecule has 8 heteroatoms. The first-order valence-corrected chi connectivity index (χ1v) is 9.14. The Kier molecular flexibility index (Phi) is 6.44. The summed E-state index contributed by atoms with van der Waals surface area (Å²) in [6, 6.07) is -0.182. The number of carbonyl (C=O) groups is 2. The summed E-state index contributed by atoms with van der Waals surface area (Å²) in [5.74, 6) is -0.656. The molecular weight excluding hydrogens is 296 g/mol. The number of rotatable bonds is 6. The van der Waals surface area contributed by atoms with Crippen molar-refractivity contribution in [3.63, 3.8) is 0 Å². The van der Waals surface area contributed by atoms with Crippen molar-refractivity contribution in [1.29, 1.82) is 0 Å². The van der Waals surface area contributed by atoms with E-state index >= 15 is 0 Å². The first-order valence-electron chi connectivity index (χ1n) is 7.08. The monoisotopic (exact) mass is 320 g/mol. The van der Waals surface area contributed by atoms with E-state index in [1.807, 2.05) is 0 Å². The second kappa shape index (κ2) is 7.63. The van der Waals surface area contributed by atoms with E-state index in [4.69, 9.17) is 5.11 Å². The highest BCUT2D eigenvalue weighted by atomic mass is 32.2. The number of carbonyl (C=O) groups excluding carboxylic acids is 1. The van der Waals surface area contributed by atoms with Gasteiger partial charge in [-0.15, -0.1) is 0 Å². The van der Waals surface area contributed by atoms with Gasteiger partial charge in [-0.05, 0) is 25.2 Å². The molecule has 1 aliphatic rings. The predicted octanol–water partition coefficient (Wildman–Crippen LogP) is 0.660. The SMILES string of the molecule is CN(CCS(C)(=O)=O)C(=O)N1CCCC(CCC(=O)O)C1. The molecule has 0 aromatic rings. The van der Waals surface area contributed by atoms with Crippen molar-refractivity contribution in [3.05, 3.63) is 0 Å². The highest BCUT2D eigenvalue weighted by Gasteiger charge is 2.26. The van der Waals surface area contributed by atoms with Gasteiger partial charge in [0.1, 0.15) is 9.84 Å². The number of sulfone groups is 1. The van der Waals surface area contributed by atoms with E-state index in [1.54, 1.807) is 11.9 Å². The predicted molar refractivity (Wildman–Crippen MR) is 78.9 cm³/mol. The van der Waals surface area contributed by atoms with Crippen LogP contribution in [0, 0.1) is 5.92 Å². The van der Waals surface area contributed by atoms with Crippen LogP contribution >= 0.6 is 0 Å². The van der Waals surface area contributed by atoms with Gasteiger partial charge in [0.2, 0.25) is 0 Å². The topological polar surface area (TPSA) is 95.0 Å². The second-order valence-corrected chi connectivity index (χ2v) is 7.98. The van der Waals surface area contributed by atoms with Gasteiger partial charge in [0.05, 0.1) is 5.75 Å². The van der Waals surface area contributed by atoms with Crippen LogP contribution in [-0.2, 0) is 14.6 Å². The maximum Gasteiger partial charge on any atom is 0.319 e. The number of hydrogen-bond acceptors (Lipinski definition) is 4. The van der Waals surface area contributed by atoms with Crippen LogP contribution in [0.5, 0.6) is 0 Å². The number of piperidine rings is 1. The van der Waals surface area contributed by atoms with E-state index in [2.05, 4.69) is 0 Å². The Balaban J connectivity index is 2.47. The van der Waals surface area contributed by atoms with Crippen LogP contribution in [0.2, 0.25) is 0 Å². The summed E-state index contributed by atoms with van der Waals surface area (Å²) in [6.07, 6.45) is 3.64. The van der Waals surface area contributed by atoms with E-state index in [0.717, 1.165) is 19.1 Å². The molecule has 122 valence electrons. The van der Waals surface area contributed by atoms with Crippen LogP contribution < -0.4 is 0 Å². The molecule has 1 atom stereocenters. The summed E-state index contributed by atoms with van der Waals surface area (Å²) >= 11 is 0.